The van der Waals surface area contributed by atoms with Gasteiger partial charge in [0.25, 0.3) is 0 Å². The lowest BCUT2D eigenvalue weighted by atomic mass is 10.1. The summed E-state index contributed by atoms with van der Waals surface area (Å²) in [6.07, 6.45) is 0. The predicted molar refractivity (Wildman–Crippen MR) is 51.0 cm³/mol. The second kappa shape index (κ2) is 2.80. The Bertz CT molecular complexity index is 469. The molecule has 0 heterocycles. The Kier molecular flexibility index (Phi) is 1.74. The highest BCUT2D eigenvalue weighted by atomic mass is 16.3. The summed E-state index contributed by atoms with van der Waals surface area (Å²) >= 11 is 0. The summed E-state index contributed by atoms with van der Waals surface area (Å²) in [5.74, 6) is -0.979. The number of aliphatic hydroxyl groups is 1. The van der Waals surface area contributed by atoms with Gasteiger partial charge in [0, 0.05) is 11.1 Å². The molecule has 0 unspecified atom stereocenters. The third-order valence-corrected chi connectivity index (χ3v) is 2.24. The lowest BCUT2D eigenvalue weighted by Gasteiger charge is -1.95. The van der Waals surface area contributed by atoms with E-state index in [0.717, 1.165) is 0 Å². The minimum atomic E-state index is -0.399. The van der Waals surface area contributed by atoms with Crippen molar-refractivity contribution in [2.24, 2.45) is 0 Å². The van der Waals surface area contributed by atoms with Crippen LogP contribution in [0.1, 0.15) is 22.8 Å². The number of rotatable bonds is 1. The van der Waals surface area contributed by atoms with Crippen molar-refractivity contribution in [3.63, 3.8) is 0 Å². The van der Waals surface area contributed by atoms with Gasteiger partial charge in [0.2, 0.25) is 5.78 Å². The smallest absolute Gasteiger partial charge is 0.201 e. The summed E-state index contributed by atoms with van der Waals surface area (Å²) in [6, 6.07) is 6.64. The third-order valence-electron chi connectivity index (χ3n) is 2.24. The van der Waals surface area contributed by atoms with Crippen LogP contribution in [0.25, 0.3) is 5.76 Å². The highest BCUT2D eigenvalue weighted by Gasteiger charge is 2.31. The molecule has 3 heteroatoms. The zero-order valence-corrected chi connectivity index (χ0v) is 7.57. The molecule has 3 nitrogen and oxygen atoms in total. The van der Waals surface area contributed by atoms with Gasteiger partial charge in [0.15, 0.2) is 5.78 Å². The maximum atomic E-state index is 11.6. The largest absolute Gasteiger partial charge is 0.506 e. The van der Waals surface area contributed by atoms with Gasteiger partial charge in [0.05, 0.1) is 0 Å². The number of aliphatic hydroxyl groups excluding tert-OH is 1. The Morgan fingerprint density at radius 1 is 1.21 bits per heavy atom. The topological polar surface area (TPSA) is 54.4 Å². The maximum Gasteiger partial charge on any atom is 0.201 e. The normalized spacial score (nSPS) is 14.5. The van der Waals surface area contributed by atoms with Crippen LogP contribution in [-0.4, -0.2) is 16.7 Å². The molecular formula is C11H8O3. The fourth-order valence-electron chi connectivity index (χ4n) is 1.59. The summed E-state index contributed by atoms with van der Waals surface area (Å²) in [5.41, 5.74) is 0.740. The molecule has 0 aliphatic heterocycles. The Hall–Kier alpha value is -1.90. The summed E-state index contributed by atoms with van der Waals surface area (Å²) in [5, 5.41) is 9.62. The van der Waals surface area contributed by atoms with E-state index in [1.165, 1.54) is 6.92 Å². The highest BCUT2D eigenvalue weighted by Crippen LogP contribution is 2.30. The fourth-order valence-corrected chi connectivity index (χ4v) is 1.59. The number of benzene rings is 1. The molecule has 1 aromatic carbocycles. The van der Waals surface area contributed by atoms with Gasteiger partial charge in [-0.1, -0.05) is 24.3 Å². The first kappa shape index (κ1) is 8.69. The minimum absolute atomic E-state index is 0.105. The molecule has 0 saturated carbocycles. The van der Waals surface area contributed by atoms with Gasteiger partial charge in [-0.25, -0.2) is 0 Å². The lowest BCUT2D eigenvalue weighted by molar-refractivity contribution is -0.113. The molecule has 2 rings (SSSR count). The van der Waals surface area contributed by atoms with Crippen molar-refractivity contribution < 1.29 is 14.7 Å². The average molecular weight is 188 g/mol. The van der Waals surface area contributed by atoms with Crippen LogP contribution in [0.5, 0.6) is 0 Å². The predicted octanol–water partition coefficient (Wildman–Crippen LogP) is 1.74. The number of fused-ring (bicyclic) bond motifs is 1. The number of Topliss-reactive ketones (excluding diaryl/α,β-unsaturated/α-hetero) is 2. The van der Waals surface area contributed by atoms with Crippen LogP contribution >= 0.6 is 0 Å². The molecule has 1 aliphatic carbocycles. The zero-order chi connectivity index (χ0) is 10.3. The summed E-state index contributed by atoms with van der Waals surface area (Å²) in [7, 11) is 0. The Balaban J connectivity index is 2.69. The Labute approximate surface area is 80.7 Å². The average Bonchev–Trinajstić information content (AvgIpc) is 2.41. The molecule has 0 radical (unpaired) electrons. The number of carbonyl (C=O) groups excluding carboxylic acids is 2. The van der Waals surface area contributed by atoms with E-state index in [2.05, 4.69) is 0 Å². The molecule has 0 atom stereocenters. The first-order chi connectivity index (χ1) is 6.63. The van der Waals surface area contributed by atoms with Crippen molar-refractivity contribution in [1.29, 1.82) is 0 Å². The molecule has 0 fully saturated rings. The van der Waals surface area contributed by atoms with Gasteiger partial charge in [0.1, 0.15) is 11.3 Å². The Morgan fingerprint density at radius 2 is 1.79 bits per heavy atom. The quantitative estimate of drug-likeness (QED) is 0.683. The molecule has 1 aliphatic rings. The van der Waals surface area contributed by atoms with Crippen molar-refractivity contribution >= 4 is 17.3 Å². The van der Waals surface area contributed by atoms with Crippen LogP contribution in [0, 0.1) is 0 Å². The monoisotopic (exact) mass is 188 g/mol. The van der Waals surface area contributed by atoms with E-state index in [0.29, 0.717) is 11.1 Å². The van der Waals surface area contributed by atoms with Crippen LogP contribution in [-0.2, 0) is 4.79 Å². The molecule has 1 N–H and O–H groups in total. The van der Waals surface area contributed by atoms with Crippen LogP contribution in [0.3, 0.4) is 0 Å². The molecule has 0 saturated heterocycles. The molecule has 70 valence electrons. The van der Waals surface area contributed by atoms with Crippen molar-refractivity contribution in [3.05, 3.63) is 41.0 Å². The molecule has 1 aromatic rings. The Morgan fingerprint density at radius 3 is 2.29 bits per heavy atom. The minimum Gasteiger partial charge on any atom is -0.506 e. The van der Waals surface area contributed by atoms with Crippen LogP contribution in [0.4, 0.5) is 0 Å². The van der Waals surface area contributed by atoms with Crippen molar-refractivity contribution in [3.8, 4) is 0 Å². The number of carbonyl (C=O) groups is 2. The standard InChI is InChI=1S/C11H8O3/c1-6(12)9-10(13)7-4-2-3-5-8(7)11(9)14/h2-5,13H,1H3. The maximum absolute atomic E-state index is 11.6. The van der Waals surface area contributed by atoms with Gasteiger partial charge >= 0.3 is 0 Å². The number of hydrogen-bond donors (Lipinski definition) is 1. The van der Waals surface area contributed by atoms with E-state index in [1.807, 2.05) is 0 Å². The van der Waals surface area contributed by atoms with Gasteiger partial charge in [-0.3, -0.25) is 9.59 Å². The SMILES string of the molecule is CC(=O)C1=C(O)c2ccccc2C1=O. The molecule has 14 heavy (non-hydrogen) atoms. The van der Waals surface area contributed by atoms with Crippen molar-refractivity contribution in [1.82, 2.24) is 0 Å². The van der Waals surface area contributed by atoms with Gasteiger partial charge < -0.3 is 5.11 Å². The van der Waals surface area contributed by atoms with E-state index in [1.54, 1.807) is 24.3 Å². The van der Waals surface area contributed by atoms with Crippen LogP contribution < -0.4 is 0 Å². The van der Waals surface area contributed by atoms with E-state index in [9.17, 15) is 14.7 Å². The van der Waals surface area contributed by atoms with Crippen LogP contribution in [0.15, 0.2) is 29.8 Å². The van der Waals surface area contributed by atoms with Gasteiger partial charge in [-0.2, -0.15) is 0 Å². The van der Waals surface area contributed by atoms with E-state index in [4.69, 9.17) is 0 Å². The second-order valence-electron chi connectivity index (χ2n) is 3.15. The summed E-state index contributed by atoms with van der Waals surface area (Å²) in [6.45, 7) is 1.27. The van der Waals surface area contributed by atoms with Crippen molar-refractivity contribution in [2.75, 3.05) is 0 Å². The zero-order valence-electron chi connectivity index (χ0n) is 7.57. The van der Waals surface area contributed by atoms with E-state index < -0.39 is 5.78 Å². The third kappa shape index (κ3) is 0.988. The van der Waals surface area contributed by atoms with E-state index in [-0.39, 0.29) is 17.1 Å². The van der Waals surface area contributed by atoms with Crippen molar-refractivity contribution in [2.45, 2.75) is 6.92 Å². The molecular weight excluding hydrogens is 180 g/mol. The number of ketones is 2. The summed E-state index contributed by atoms with van der Waals surface area (Å²) in [4.78, 5) is 22.7. The van der Waals surface area contributed by atoms with E-state index >= 15 is 0 Å². The molecule has 0 bridgehead atoms. The lowest BCUT2D eigenvalue weighted by Crippen LogP contribution is -2.06. The van der Waals surface area contributed by atoms with Crippen LogP contribution in [0.2, 0.25) is 0 Å². The molecule has 0 amide bonds. The molecule has 0 spiro atoms. The second-order valence-corrected chi connectivity index (χ2v) is 3.15. The number of allylic oxidation sites excluding steroid dienone is 1. The fraction of sp³-hybridized carbons (Fsp3) is 0.0909. The first-order valence-corrected chi connectivity index (χ1v) is 4.21. The van der Waals surface area contributed by atoms with Gasteiger partial charge in [-0.05, 0) is 6.92 Å². The van der Waals surface area contributed by atoms with Gasteiger partial charge in [-0.15, -0.1) is 0 Å². The number of hydrogen-bond acceptors (Lipinski definition) is 3. The first-order valence-electron chi connectivity index (χ1n) is 4.21. The highest BCUT2D eigenvalue weighted by molar-refractivity contribution is 6.33. The molecule has 0 aromatic heterocycles. The summed E-state index contributed by atoms with van der Waals surface area (Å²) < 4.78 is 0.